The molecular weight excluding hydrogens is 198 g/mol. The van der Waals surface area contributed by atoms with Crippen LogP contribution < -0.4 is 5.32 Å². The van der Waals surface area contributed by atoms with Crippen LogP contribution in [0.15, 0.2) is 12.3 Å². The van der Waals surface area contributed by atoms with E-state index < -0.39 is 0 Å². The Kier molecular flexibility index (Phi) is 2.98. The van der Waals surface area contributed by atoms with Gasteiger partial charge in [0.15, 0.2) is 0 Å². The summed E-state index contributed by atoms with van der Waals surface area (Å²) < 4.78 is 0. The number of nitrogens with one attached hydrogen (secondary N) is 1. The van der Waals surface area contributed by atoms with Crippen LogP contribution in [0.4, 0.5) is 0 Å². The number of nitrogens with zero attached hydrogens (tertiary/aromatic N) is 2. The largest absolute Gasteiger partial charge is 0.306 e. The van der Waals surface area contributed by atoms with Crippen molar-refractivity contribution >= 4 is 0 Å². The molecule has 1 aromatic heterocycles. The number of rotatable bonds is 3. The molecule has 1 saturated carbocycles. The van der Waals surface area contributed by atoms with Crippen molar-refractivity contribution < 1.29 is 0 Å². The SMILES string of the molecule is CC1CC1c1nccc(CNC(C)(C)C)n1. The molecule has 0 radical (unpaired) electrons. The van der Waals surface area contributed by atoms with Crippen molar-refractivity contribution in [3.05, 3.63) is 23.8 Å². The van der Waals surface area contributed by atoms with Gasteiger partial charge in [0.1, 0.15) is 5.82 Å². The fraction of sp³-hybridized carbons (Fsp3) is 0.692. The van der Waals surface area contributed by atoms with Gasteiger partial charge in [0, 0.05) is 24.2 Å². The van der Waals surface area contributed by atoms with Crippen LogP contribution in [0.5, 0.6) is 0 Å². The van der Waals surface area contributed by atoms with Crippen LogP contribution in [0.25, 0.3) is 0 Å². The Morgan fingerprint density at radius 3 is 2.69 bits per heavy atom. The maximum absolute atomic E-state index is 4.61. The first-order valence-corrected chi connectivity index (χ1v) is 6.02. The summed E-state index contributed by atoms with van der Waals surface area (Å²) in [6, 6.07) is 2.00. The Morgan fingerprint density at radius 1 is 1.44 bits per heavy atom. The minimum absolute atomic E-state index is 0.137. The van der Waals surface area contributed by atoms with Crippen LogP contribution in [-0.4, -0.2) is 15.5 Å². The van der Waals surface area contributed by atoms with Crippen LogP contribution in [0.3, 0.4) is 0 Å². The van der Waals surface area contributed by atoms with E-state index in [-0.39, 0.29) is 5.54 Å². The molecule has 0 spiro atoms. The molecule has 2 unspecified atom stereocenters. The maximum Gasteiger partial charge on any atom is 0.131 e. The molecule has 2 atom stereocenters. The second-order valence-electron chi connectivity index (χ2n) is 5.83. The predicted molar refractivity (Wildman–Crippen MR) is 65.1 cm³/mol. The lowest BCUT2D eigenvalue weighted by molar-refractivity contribution is 0.420. The molecule has 88 valence electrons. The zero-order valence-electron chi connectivity index (χ0n) is 10.6. The van der Waals surface area contributed by atoms with Crippen LogP contribution in [0.2, 0.25) is 0 Å². The molecule has 0 bridgehead atoms. The fourth-order valence-corrected chi connectivity index (χ4v) is 1.73. The highest BCUT2D eigenvalue weighted by molar-refractivity contribution is 5.12. The lowest BCUT2D eigenvalue weighted by Crippen LogP contribution is -2.35. The standard InChI is InChI=1S/C13H21N3/c1-9-7-11(9)12-14-6-5-10(16-12)8-15-13(2,3)4/h5-6,9,11,15H,7-8H2,1-4H3. The molecule has 0 amide bonds. The summed E-state index contributed by atoms with van der Waals surface area (Å²) in [5, 5.41) is 3.45. The van der Waals surface area contributed by atoms with Gasteiger partial charge in [-0.3, -0.25) is 0 Å². The molecule has 0 saturated heterocycles. The molecule has 1 aliphatic rings. The third-order valence-electron chi connectivity index (χ3n) is 2.97. The van der Waals surface area contributed by atoms with Gasteiger partial charge in [0.05, 0.1) is 5.69 Å². The van der Waals surface area contributed by atoms with E-state index in [1.807, 2.05) is 12.3 Å². The Morgan fingerprint density at radius 2 is 2.12 bits per heavy atom. The van der Waals surface area contributed by atoms with Crippen LogP contribution >= 0.6 is 0 Å². The summed E-state index contributed by atoms with van der Waals surface area (Å²) in [6.07, 6.45) is 3.13. The topological polar surface area (TPSA) is 37.8 Å². The van der Waals surface area contributed by atoms with Crippen molar-refractivity contribution in [3.8, 4) is 0 Å². The average Bonchev–Trinajstić information content (AvgIpc) is 2.92. The van der Waals surface area contributed by atoms with Gasteiger partial charge in [0.2, 0.25) is 0 Å². The molecule has 1 N–H and O–H groups in total. The molecule has 1 fully saturated rings. The monoisotopic (exact) mass is 219 g/mol. The number of aromatic nitrogens is 2. The summed E-state index contributed by atoms with van der Waals surface area (Å²) >= 11 is 0. The molecule has 2 rings (SSSR count). The molecule has 0 aliphatic heterocycles. The van der Waals surface area contributed by atoms with Gasteiger partial charge in [0.25, 0.3) is 0 Å². The summed E-state index contributed by atoms with van der Waals surface area (Å²) in [5.41, 5.74) is 1.23. The van der Waals surface area contributed by atoms with Crippen LogP contribution in [0.1, 0.15) is 51.6 Å². The first-order valence-electron chi connectivity index (χ1n) is 6.02. The average molecular weight is 219 g/mol. The zero-order valence-corrected chi connectivity index (χ0v) is 10.6. The fourth-order valence-electron chi connectivity index (χ4n) is 1.73. The van der Waals surface area contributed by atoms with E-state index in [1.54, 1.807) is 0 Å². The van der Waals surface area contributed by atoms with E-state index in [1.165, 1.54) is 6.42 Å². The Labute approximate surface area is 97.7 Å². The van der Waals surface area contributed by atoms with Crippen molar-refractivity contribution in [2.24, 2.45) is 5.92 Å². The molecule has 1 heterocycles. The smallest absolute Gasteiger partial charge is 0.131 e. The molecule has 3 heteroatoms. The second kappa shape index (κ2) is 4.13. The van der Waals surface area contributed by atoms with Crippen molar-refractivity contribution in [1.29, 1.82) is 0 Å². The summed E-state index contributed by atoms with van der Waals surface area (Å²) in [4.78, 5) is 8.97. The van der Waals surface area contributed by atoms with Crippen molar-refractivity contribution in [2.45, 2.75) is 52.1 Å². The van der Waals surface area contributed by atoms with Gasteiger partial charge >= 0.3 is 0 Å². The first kappa shape index (κ1) is 11.5. The van der Waals surface area contributed by atoms with E-state index in [4.69, 9.17) is 0 Å². The van der Waals surface area contributed by atoms with Gasteiger partial charge < -0.3 is 5.32 Å². The van der Waals surface area contributed by atoms with E-state index in [2.05, 4.69) is 43.0 Å². The molecule has 16 heavy (non-hydrogen) atoms. The molecule has 1 aromatic rings. The Hall–Kier alpha value is -0.960. The van der Waals surface area contributed by atoms with Crippen molar-refractivity contribution in [1.82, 2.24) is 15.3 Å². The normalized spacial score (nSPS) is 24.5. The summed E-state index contributed by atoms with van der Waals surface area (Å²) in [6.45, 7) is 9.57. The first-order chi connectivity index (χ1) is 7.46. The second-order valence-corrected chi connectivity index (χ2v) is 5.83. The van der Waals surface area contributed by atoms with Crippen molar-refractivity contribution in [3.63, 3.8) is 0 Å². The minimum Gasteiger partial charge on any atom is -0.306 e. The van der Waals surface area contributed by atoms with Crippen LogP contribution in [-0.2, 0) is 6.54 Å². The lowest BCUT2D eigenvalue weighted by Gasteiger charge is -2.20. The maximum atomic E-state index is 4.61. The number of hydrogen-bond donors (Lipinski definition) is 1. The molecule has 0 aromatic carbocycles. The highest BCUT2D eigenvalue weighted by atomic mass is 15.0. The van der Waals surface area contributed by atoms with Gasteiger partial charge in [-0.15, -0.1) is 0 Å². The van der Waals surface area contributed by atoms with Gasteiger partial charge in [-0.1, -0.05) is 6.92 Å². The quantitative estimate of drug-likeness (QED) is 0.848. The van der Waals surface area contributed by atoms with Gasteiger partial charge in [-0.05, 0) is 39.2 Å². The van der Waals surface area contributed by atoms with Gasteiger partial charge in [-0.2, -0.15) is 0 Å². The Balaban J connectivity index is 1.99. The van der Waals surface area contributed by atoms with Crippen molar-refractivity contribution in [2.75, 3.05) is 0 Å². The summed E-state index contributed by atoms with van der Waals surface area (Å²) in [5.74, 6) is 2.40. The zero-order chi connectivity index (χ0) is 11.8. The molecule has 3 nitrogen and oxygen atoms in total. The van der Waals surface area contributed by atoms with Crippen LogP contribution in [0, 0.1) is 5.92 Å². The highest BCUT2D eigenvalue weighted by Gasteiger charge is 2.36. The van der Waals surface area contributed by atoms with E-state index in [9.17, 15) is 0 Å². The molecular formula is C13H21N3. The van der Waals surface area contributed by atoms with E-state index in [0.717, 1.165) is 24.0 Å². The van der Waals surface area contributed by atoms with Gasteiger partial charge in [-0.25, -0.2) is 9.97 Å². The number of hydrogen-bond acceptors (Lipinski definition) is 3. The van der Waals surface area contributed by atoms with E-state index >= 15 is 0 Å². The minimum atomic E-state index is 0.137. The highest BCUT2D eigenvalue weighted by Crippen LogP contribution is 2.45. The third-order valence-corrected chi connectivity index (χ3v) is 2.97. The third kappa shape index (κ3) is 3.01. The predicted octanol–water partition coefficient (Wildman–Crippen LogP) is 2.49. The van der Waals surface area contributed by atoms with E-state index in [0.29, 0.717) is 5.92 Å². The lowest BCUT2D eigenvalue weighted by atomic mass is 10.1. The summed E-state index contributed by atoms with van der Waals surface area (Å²) in [7, 11) is 0. The Bertz CT molecular complexity index is 368. The molecule has 1 aliphatic carbocycles.